The minimum Gasteiger partial charge on any atom is -0.339 e. The van der Waals surface area contributed by atoms with Crippen molar-refractivity contribution in [2.45, 2.75) is 58.2 Å². The Morgan fingerprint density at radius 1 is 1.11 bits per heavy atom. The predicted molar refractivity (Wildman–Crippen MR) is 106 cm³/mol. The van der Waals surface area contributed by atoms with E-state index < -0.39 is 18.2 Å². The Morgan fingerprint density at radius 3 is 2.46 bits per heavy atom. The number of piperazine rings is 1. The minimum absolute atomic E-state index is 0.169. The number of urea groups is 1. The average molecular weight is 393 g/mol. The summed E-state index contributed by atoms with van der Waals surface area (Å²) >= 11 is 0. The van der Waals surface area contributed by atoms with Gasteiger partial charge in [0.05, 0.1) is 0 Å². The van der Waals surface area contributed by atoms with Crippen LogP contribution in [-0.2, 0) is 9.59 Å². The van der Waals surface area contributed by atoms with E-state index in [2.05, 4.69) is 22.0 Å². The summed E-state index contributed by atoms with van der Waals surface area (Å²) in [7, 11) is 1.68. The fourth-order valence-corrected chi connectivity index (χ4v) is 4.10. The summed E-state index contributed by atoms with van der Waals surface area (Å²) in [5.74, 6) is 0.678. The van der Waals surface area contributed by atoms with E-state index in [1.807, 2.05) is 11.8 Å². The first-order chi connectivity index (χ1) is 13.5. The predicted octanol–water partition coefficient (Wildman–Crippen LogP) is 0.669. The molecule has 0 radical (unpaired) electrons. The van der Waals surface area contributed by atoms with Crippen molar-refractivity contribution in [1.29, 1.82) is 0 Å². The van der Waals surface area contributed by atoms with Gasteiger partial charge in [-0.05, 0) is 6.42 Å². The molecule has 0 bridgehead atoms. The van der Waals surface area contributed by atoms with Crippen molar-refractivity contribution >= 4 is 23.8 Å². The van der Waals surface area contributed by atoms with E-state index in [0.29, 0.717) is 32.6 Å². The molecule has 0 aromatic heterocycles. The molecule has 2 unspecified atom stereocenters. The first-order valence-corrected chi connectivity index (χ1v) is 10.4. The number of unbranched alkanes of at least 4 members (excludes halogenated alkanes) is 3. The maximum Gasteiger partial charge on any atom is 0.325 e. The molecule has 0 aromatic rings. The van der Waals surface area contributed by atoms with Crippen molar-refractivity contribution in [2.24, 2.45) is 4.99 Å². The van der Waals surface area contributed by atoms with Crippen LogP contribution in [0.2, 0.25) is 0 Å². The van der Waals surface area contributed by atoms with E-state index in [9.17, 15) is 14.4 Å². The smallest absolute Gasteiger partial charge is 0.325 e. The lowest BCUT2D eigenvalue weighted by Crippen LogP contribution is -2.64. The van der Waals surface area contributed by atoms with Crippen molar-refractivity contribution < 1.29 is 14.4 Å². The summed E-state index contributed by atoms with van der Waals surface area (Å²) in [4.78, 5) is 49.0. The lowest BCUT2D eigenvalue weighted by molar-refractivity contribution is -0.132. The Bertz CT molecular complexity index is 644. The first kappa shape index (κ1) is 20.4. The summed E-state index contributed by atoms with van der Waals surface area (Å²) in [6, 6.07) is -0.879. The zero-order chi connectivity index (χ0) is 20.3. The van der Waals surface area contributed by atoms with Crippen molar-refractivity contribution in [2.75, 3.05) is 39.8 Å². The number of rotatable bonds is 6. The lowest BCUT2D eigenvalue weighted by atomic mass is 10.1. The van der Waals surface area contributed by atoms with Gasteiger partial charge in [0.2, 0.25) is 5.91 Å². The van der Waals surface area contributed by atoms with Crippen LogP contribution in [0.3, 0.4) is 0 Å². The van der Waals surface area contributed by atoms with Gasteiger partial charge >= 0.3 is 6.03 Å². The van der Waals surface area contributed by atoms with Gasteiger partial charge in [0, 0.05) is 46.2 Å². The van der Waals surface area contributed by atoms with E-state index in [-0.39, 0.29) is 11.8 Å². The van der Waals surface area contributed by atoms with E-state index in [1.165, 1.54) is 4.90 Å². The zero-order valence-electron chi connectivity index (χ0n) is 17.2. The summed E-state index contributed by atoms with van der Waals surface area (Å²) < 4.78 is 0. The highest BCUT2D eigenvalue weighted by atomic mass is 16.2. The molecule has 3 aliphatic rings. The number of aliphatic imine (C=N–C) groups is 1. The molecule has 0 spiro atoms. The normalized spacial score (nSPS) is 25.0. The summed E-state index contributed by atoms with van der Waals surface area (Å²) in [5.41, 5.74) is 0. The van der Waals surface area contributed by atoms with Gasteiger partial charge < -0.3 is 19.6 Å². The largest absolute Gasteiger partial charge is 0.339 e. The number of hydrogen-bond acceptors (Lipinski definition) is 6. The Hall–Kier alpha value is -2.32. The molecule has 0 saturated carbocycles. The van der Waals surface area contributed by atoms with E-state index in [1.54, 1.807) is 7.05 Å². The van der Waals surface area contributed by atoms with Gasteiger partial charge in [-0.2, -0.15) is 0 Å². The van der Waals surface area contributed by atoms with Crippen molar-refractivity contribution in [3.05, 3.63) is 0 Å². The number of amides is 4. The van der Waals surface area contributed by atoms with Crippen LogP contribution in [0.25, 0.3) is 0 Å². The third kappa shape index (κ3) is 3.93. The second-order valence-electron chi connectivity index (χ2n) is 7.67. The highest BCUT2D eigenvalue weighted by Crippen LogP contribution is 2.26. The van der Waals surface area contributed by atoms with E-state index >= 15 is 0 Å². The molecule has 156 valence electrons. The number of carbonyl (C=O) groups excluding carboxylic acids is 3. The molecule has 4 amide bonds. The van der Waals surface area contributed by atoms with Gasteiger partial charge in [0.1, 0.15) is 0 Å². The third-order valence-corrected chi connectivity index (χ3v) is 5.81. The van der Waals surface area contributed by atoms with Crippen LogP contribution < -0.4 is 5.32 Å². The standard InChI is InChI=1S/C19H32N6O3/c1-4-6-7-8-9-25-15-16(22(3)19(28)21-17(15)27)20-18(25)24-12-10-23(11-13-24)14(26)5-2/h15-16H,4-13H2,1-3H3,(H,21,27,28). The molecule has 0 aromatic carbocycles. The second-order valence-corrected chi connectivity index (χ2v) is 7.67. The Morgan fingerprint density at radius 2 is 1.82 bits per heavy atom. The van der Waals surface area contributed by atoms with Crippen LogP contribution >= 0.6 is 0 Å². The van der Waals surface area contributed by atoms with Gasteiger partial charge in [-0.1, -0.05) is 33.1 Å². The Kier molecular flexibility index (Phi) is 6.41. The van der Waals surface area contributed by atoms with Gasteiger partial charge in [-0.3, -0.25) is 14.9 Å². The Labute approximate surface area is 166 Å². The Balaban J connectivity index is 1.75. The lowest BCUT2D eigenvalue weighted by Gasteiger charge is -2.40. The highest BCUT2D eigenvalue weighted by Gasteiger charge is 2.49. The quantitative estimate of drug-likeness (QED) is 0.671. The molecule has 3 rings (SSSR count). The maximum atomic E-state index is 12.6. The molecule has 3 aliphatic heterocycles. The summed E-state index contributed by atoms with van der Waals surface area (Å²) in [5, 5.41) is 2.45. The minimum atomic E-state index is -0.488. The number of fused-ring (bicyclic) bond motifs is 1. The van der Waals surface area contributed by atoms with Crippen molar-refractivity contribution in [3.63, 3.8) is 0 Å². The number of likely N-dealkylation sites (N-methyl/N-ethyl adjacent to an activating group) is 1. The van der Waals surface area contributed by atoms with Gasteiger partial charge in [0.25, 0.3) is 5.91 Å². The molecule has 2 fully saturated rings. The SMILES string of the molecule is CCCCCCN1C(N2CCN(C(=O)CC)CC2)=NC2C1C(=O)NC(=O)N2C. The number of carbonyl (C=O) groups is 3. The van der Waals surface area contributed by atoms with E-state index in [0.717, 1.165) is 38.2 Å². The zero-order valence-corrected chi connectivity index (χ0v) is 17.2. The molecule has 3 heterocycles. The monoisotopic (exact) mass is 392 g/mol. The van der Waals surface area contributed by atoms with Crippen LogP contribution in [0, 0.1) is 0 Å². The van der Waals surface area contributed by atoms with Crippen LogP contribution in [0.15, 0.2) is 4.99 Å². The first-order valence-electron chi connectivity index (χ1n) is 10.4. The summed E-state index contributed by atoms with van der Waals surface area (Å²) in [6.07, 6.45) is 4.43. The number of nitrogens with zero attached hydrogens (tertiary/aromatic N) is 5. The number of hydrogen-bond donors (Lipinski definition) is 1. The molecule has 9 nitrogen and oxygen atoms in total. The molecule has 1 N–H and O–H groups in total. The molecule has 9 heteroatoms. The van der Waals surface area contributed by atoms with Crippen molar-refractivity contribution in [3.8, 4) is 0 Å². The molecule has 2 atom stereocenters. The average Bonchev–Trinajstić information content (AvgIpc) is 3.09. The van der Waals surface area contributed by atoms with Crippen LogP contribution in [0.1, 0.15) is 46.0 Å². The fraction of sp³-hybridized carbons (Fsp3) is 0.789. The van der Waals surface area contributed by atoms with Crippen molar-refractivity contribution in [1.82, 2.24) is 24.9 Å². The van der Waals surface area contributed by atoms with Gasteiger partial charge in [-0.15, -0.1) is 0 Å². The molecular formula is C19H32N6O3. The molecule has 0 aliphatic carbocycles. The topological polar surface area (TPSA) is 88.6 Å². The number of nitrogens with one attached hydrogen (secondary N) is 1. The summed E-state index contributed by atoms with van der Waals surface area (Å²) in [6.45, 7) is 7.49. The maximum absolute atomic E-state index is 12.6. The highest BCUT2D eigenvalue weighted by molar-refractivity contribution is 6.03. The second kappa shape index (κ2) is 8.79. The molecule has 2 saturated heterocycles. The number of guanidine groups is 1. The molecule has 28 heavy (non-hydrogen) atoms. The third-order valence-electron chi connectivity index (χ3n) is 5.81. The van der Waals surface area contributed by atoms with E-state index in [4.69, 9.17) is 4.99 Å². The van der Waals surface area contributed by atoms with Gasteiger partial charge in [-0.25, -0.2) is 9.79 Å². The van der Waals surface area contributed by atoms with Crippen LogP contribution in [-0.4, -0.2) is 95.4 Å². The van der Waals surface area contributed by atoms with Crippen LogP contribution in [0.4, 0.5) is 4.79 Å². The number of imide groups is 1. The van der Waals surface area contributed by atoms with Crippen LogP contribution in [0.5, 0.6) is 0 Å². The fourth-order valence-electron chi connectivity index (χ4n) is 4.10. The molecular weight excluding hydrogens is 360 g/mol. The van der Waals surface area contributed by atoms with Gasteiger partial charge in [0.15, 0.2) is 18.2 Å².